The highest BCUT2D eigenvalue weighted by atomic mass is 35.5. The Morgan fingerprint density at radius 1 is 1.12 bits per heavy atom. The number of anilines is 1. The van der Waals surface area contributed by atoms with Crippen LogP contribution in [-0.2, 0) is 12.8 Å². The van der Waals surface area contributed by atoms with Crippen LogP contribution in [0, 0.1) is 18.3 Å². The maximum atomic E-state index is 13.1. The number of carbonyl (C=O) groups excluding carboxylic acids is 1. The smallest absolute Gasteiger partial charge is 0.259 e. The van der Waals surface area contributed by atoms with E-state index in [1.165, 1.54) is 30.8 Å². The molecule has 10 heteroatoms. The molecule has 0 saturated carbocycles. The third kappa shape index (κ3) is 5.36. The standard InChI is InChI=1S/C24H19ClN6O2S/c1-14-9-17(18-10-21(25)28-13-20(18)33-2)19(12-27-14)23(32)29-24-31-30-22(34-24)8-7-15-3-5-16(11-26)6-4-15/h3-6,9-10,12-13H,7-8H2,1-2H3,(H,29,31,32). The average molecular weight is 491 g/mol. The molecule has 0 radical (unpaired) electrons. The van der Waals surface area contributed by atoms with Crippen LogP contribution in [0.1, 0.15) is 32.2 Å². The van der Waals surface area contributed by atoms with E-state index in [1.807, 2.05) is 19.1 Å². The molecule has 1 N–H and O–H groups in total. The molecule has 4 rings (SSSR count). The Morgan fingerprint density at radius 3 is 2.65 bits per heavy atom. The lowest BCUT2D eigenvalue weighted by atomic mass is 10.0. The van der Waals surface area contributed by atoms with Crippen molar-refractivity contribution in [1.29, 1.82) is 5.26 Å². The van der Waals surface area contributed by atoms with Gasteiger partial charge in [-0.15, -0.1) is 10.2 Å². The number of methoxy groups -OCH3 is 1. The van der Waals surface area contributed by atoms with E-state index >= 15 is 0 Å². The summed E-state index contributed by atoms with van der Waals surface area (Å²) in [7, 11) is 1.53. The number of nitriles is 1. The van der Waals surface area contributed by atoms with Gasteiger partial charge < -0.3 is 4.74 Å². The molecular formula is C24H19ClN6O2S. The fraction of sp³-hybridized carbons (Fsp3) is 0.167. The molecule has 0 aliphatic rings. The Hall–Kier alpha value is -3.87. The van der Waals surface area contributed by atoms with Gasteiger partial charge in [0.15, 0.2) is 0 Å². The molecule has 0 spiro atoms. The number of nitrogens with one attached hydrogen (secondary N) is 1. The van der Waals surface area contributed by atoms with E-state index in [9.17, 15) is 4.79 Å². The summed E-state index contributed by atoms with van der Waals surface area (Å²) in [6, 6.07) is 13.0. The Morgan fingerprint density at radius 2 is 1.91 bits per heavy atom. The van der Waals surface area contributed by atoms with Crippen LogP contribution in [0.5, 0.6) is 5.75 Å². The summed E-state index contributed by atoms with van der Waals surface area (Å²) in [6.07, 6.45) is 4.45. The fourth-order valence-corrected chi connectivity index (χ4v) is 4.21. The van der Waals surface area contributed by atoms with Crippen molar-refractivity contribution < 1.29 is 9.53 Å². The first-order valence-corrected chi connectivity index (χ1v) is 11.5. The Labute approximate surface area is 205 Å². The summed E-state index contributed by atoms with van der Waals surface area (Å²) < 4.78 is 5.42. The van der Waals surface area contributed by atoms with Crippen LogP contribution in [0.15, 0.2) is 48.8 Å². The van der Waals surface area contributed by atoms with Crippen molar-refractivity contribution in [3.05, 3.63) is 81.3 Å². The summed E-state index contributed by atoms with van der Waals surface area (Å²) in [5, 5.41) is 21.5. The Balaban J connectivity index is 1.51. The van der Waals surface area contributed by atoms with Crippen LogP contribution < -0.4 is 10.1 Å². The van der Waals surface area contributed by atoms with Gasteiger partial charge in [-0.3, -0.25) is 15.1 Å². The number of ether oxygens (including phenoxy) is 1. The molecule has 34 heavy (non-hydrogen) atoms. The highest BCUT2D eigenvalue weighted by Crippen LogP contribution is 2.34. The molecular weight excluding hydrogens is 472 g/mol. The Kier molecular flexibility index (Phi) is 7.11. The van der Waals surface area contributed by atoms with E-state index in [2.05, 4.69) is 31.6 Å². The maximum Gasteiger partial charge on any atom is 0.259 e. The number of nitrogens with zero attached hydrogens (tertiary/aromatic N) is 5. The predicted octanol–water partition coefficient (Wildman–Crippen LogP) is 4.87. The molecule has 0 bridgehead atoms. The van der Waals surface area contributed by atoms with Crippen LogP contribution in [0.25, 0.3) is 11.1 Å². The Bertz CT molecular complexity index is 1380. The molecule has 3 heterocycles. The number of benzene rings is 1. The lowest BCUT2D eigenvalue weighted by Crippen LogP contribution is -2.14. The summed E-state index contributed by atoms with van der Waals surface area (Å²) in [5.74, 6) is 0.123. The van der Waals surface area contributed by atoms with Crippen molar-refractivity contribution in [1.82, 2.24) is 20.2 Å². The highest BCUT2D eigenvalue weighted by Gasteiger charge is 2.19. The number of hydrogen-bond donors (Lipinski definition) is 1. The molecule has 1 aromatic carbocycles. The first kappa shape index (κ1) is 23.3. The fourth-order valence-electron chi connectivity index (χ4n) is 3.32. The van der Waals surface area contributed by atoms with Gasteiger partial charge in [-0.2, -0.15) is 5.26 Å². The van der Waals surface area contributed by atoms with Gasteiger partial charge in [0.05, 0.1) is 30.5 Å². The SMILES string of the molecule is COc1cnc(Cl)cc1-c1cc(C)ncc1C(=O)Nc1nnc(CCc2ccc(C#N)cc2)s1. The van der Waals surface area contributed by atoms with Crippen LogP contribution in [0.2, 0.25) is 5.15 Å². The molecule has 0 fully saturated rings. The van der Waals surface area contributed by atoms with Gasteiger partial charge >= 0.3 is 0 Å². The zero-order chi connectivity index (χ0) is 24.1. The molecule has 1 amide bonds. The van der Waals surface area contributed by atoms with Gasteiger partial charge in [-0.05, 0) is 43.2 Å². The van der Waals surface area contributed by atoms with Crippen molar-refractivity contribution in [3.63, 3.8) is 0 Å². The van der Waals surface area contributed by atoms with Crippen molar-refractivity contribution in [2.75, 3.05) is 12.4 Å². The minimum atomic E-state index is -0.368. The van der Waals surface area contributed by atoms with Gasteiger partial charge in [0.1, 0.15) is 15.9 Å². The number of aromatic nitrogens is 4. The first-order valence-electron chi connectivity index (χ1n) is 10.3. The average Bonchev–Trinajstić information content (AvgIpc) is 3.30. The predicted molar refractivity (Wildman–Crippen MR) is 130 cm³/mol. The molecule has 0 saturated heterocycles. The van der Waals surface area contributed by atoms with E-state index in [0.29, 0.717) is 39.6 Å². The van der Waals surface area contributed by atoms with Gasteiger partial charge in [-0.25, -0.2) is 4.98 Å². The van der Waals surface area contributed by atoms with Crippen LogP contribution in [-0.4, -0.2) is 33.2 Å². The van der Waals surface area contributed by atoms with Gasteiger partial charge in [0, 0.05) is 29.4 Å². The number of carbonyl (C=O) groups is 1. The zero-order valence-corrected chi connectivity index (χ0v) is 19.9. The number of rotatable bonds is 7. The third-order valence-corrected chi connectivity index (χ3v) is 6.13. The number of hydrogen-bond acceptors (Lipinski definition) is 8. The zero-order valence-electron chi connectivity index (χ0n) is 18.4. The number of amides is 1. The number of aryl methyl sites for hydroxylation is 3. The van der Waals surface area contributed by atoms with E-state index in [0.717, 1.165) is 22.7 Å². The van der Waals surface area contributed by atoms with Gasteiger partial charge in [0.25, 0.3) is 5.91 Å². The van der Waals surface area contributed by atoms with E-state index in [4.69, 9.17) is 21.6 Å². The summed E-state index contributed by atoms with van der Waals surface area (Å²) in [5.41, 5.74) is 4.07. The van der Waals surface area contributed by atoms with Crippen molar-refractivity contribution >= 4 is 34.0 Å². The molecule has 170 valence electrons. The second-order valence-electron chi connectivity index (χ2n) is 7.34. The monoisotopic (exact) mass is 490 g/mol. The minimum absolute atomic E-state index is 0.285. The number of halogens is 1. The summed E-state index contributed by atoms with van der Waals surface area (Å²) in [6.45, 7) is 1.84. The van der Waals surface area contributed by atoms with Crippen LogP contribution >= 0.6 is 22.9 Å². The van der Waals surface area contributed by atoms with Gasteiger partial charge in [0.2, 0.25) is 5.13 Å². The van der Waals surface area contributed by atoms with E-state index in [1.54, 1.807) is 24.3 Å². The maximum absolute atomic E-state index is 13.1. The van der Waals surface area contributed by atoms with Crippen molar-refractivity contribution in [2.24, 2.45) is 0 Å². The van der Waals surface area contributed by atoms with Crippen LogP contribution in [0.4, 0.5) is 5.13 Å². The van der Waals surface area contributed by atoms with Gasteiger partial charge in [-0.1, -0.05) is 35.1 Å². The molecule has 0 aliphatic carbocycles. The molecule has 3 aromatic heterocycles. The van der Waals surface area contributed by atoms with Crippen molar-refractivity contribution in [2.45, 2.75) is 19.8 Å². The number of pyridine rings is 2. The summed E-state index contributed by atoms with van der Waals surface area (Å²) >= 11 is 7.42. The van der Waals surface area contributed by atoms with Crippen molar-refractivity contribution in [3.8, 4) is 22.9 Å². The van der Waals surface area contributed by atoms with E-state index in [-0.39, 0.29) is 11.1 Å². The second-order valence-corrected chi connectivity index (χ2v) is 8.79. The molecule has 8 nitrogen and oxygen atoms in total. The molecule has 0 aliphatic heterocycles. The third-order valence-electron chi connectivity index (χ3n) is 5.03. The molecule has 4 aromatic rings. The summed E-state index contributed by atoms with van der Waals surface area (Å²) in [4.78, 5) is 21.5. The molecule has 0 unspecified atom stereocenters. The topological polar surface area (TPSA) is 114 Å². The quantitative estimate of drug-likeness (QED) is 0.367. The first-order chi connectivity index (χ1) is 16.5. The lowest BCUT2D eigenvalue weighted by molar-refractivity contribution is 0.102. The normalized spacial score (nSPS) is 10.5. The minimum Gasteiger partial charge on any atom is -0.494 e. The lowest BCUT2D eigenvalue weighted by Gasteiger charge is -2.13. The largest absolute Gasteiger partial charge is 0.494 e. The second kappa shape index (κ2) is 10.4. The van der Waals surface area contributed by atoms with E-state index < -0.39 is 0 Å². The highest BCUT2D eigenvalue weighted by molar-refractivity contribution is 7.15. The van der Waals surface area contributed by atoms with Crippen LogP contribution in [0.3, 0.4) is 0 Å². The molecule has 0 atom stereocenters.